The summed E-state index contributed by atoms with van der Waals surface area (Å²) in [5, 5.41) is 3.38. The van der Waals surface area contributed by atoms with Gasteiger partial charge in [0.25, 0.3) is 0 Å². The maximum atomic E-state index is 12.7. The smallest absolute Gasteiger partial charge is 0.368 e. The molecule has 0 bridgehead atoms. The van der Waals surface area contributed by atoms with Gasteiger partial charge in [-0.25, -0.2) is 9.78 Å². The fraction of sp³-hybridized carbons (Fsp3) is 0.368. The van der Waals surface area contributed by atoms with Crippen LogP contribution in [0, 0.1) is 0 Å². The number of anilines is 2. The fourth-order valence-electron chi connectivity index (χ4n) is 3.37. The summed E-state index contributed by atoms with van der Waals surface area (Å²) in [6.45, 7) is 1.53. The van der Waals surface area contributed by atoms with Crippen molar-refractivity contribution < 1.29 is 26.3 Å². The van der Waals surface area contributed by atoms with E-state index in [1.165, 1.54) is 18.5 Å². The average molecular weight is 473 g/mol. The minimum Gasteiger partial charge on any atom is -0.368 e. The van der Waals surface area contributed by atoms with Crippen LogP contribution >= 0.6 is 0 Å². The summed E-state index contributed by atoms with van der Waals surface area (Å²) in [7, 11) is 0. The summed E-state index contributed by atoms with van der Waals surface area (Å²) in [5.41, 5.74) is -1.84. The van der Waals surface area contributed by atoms with Gasteiger partial charge in [0.05, 0.1) is 5.56 Å². The van der Waals surface area contributed by atoms with E-state index in [-0.39, 0.29) is 12.6 Å². The van der Waals surface area contributed by atoms with Crippen molar-refractivity contribution in [1.29, 1.82) is 0 Å². The van der Waals surface area contributed by atoms with E-state index in [0.717, 1.165) is 33.6 Å². The van der Waals surface area contributed by atoms with Crippen molar-refractivity contribution in [3.63, 3.8) is 0 Å². The molecule has 1 aliphatic rings. The van der Waals surface area contributed by atoms with Crippen molar-refractivity contribution in [2.45, 2.75) is 19.0 Å². The highest BCUT2D eigenvalue weighted by atomic mass is 19.4. The second-order valence-corrected chi connectivity index (χ2v) is 7.31. The van der Waals surface area contributed by atoms with Crippen LogP contribution in [0.15, 0.2) is 47.7 Å². The molecule has 4 rings (SSSR count). The zero-order valence-corrected chi connectivity index (χ0v) is 16.9. The van der Waals surface area contributed by atoms with E-state index in [2.05, 4.69) is 15.1 Å². The van der Waals surface area contributed by atoms with Crippen LogP contribution in [0.1, 0.15) is 11.3 Å². The maximum Gasteiger partial charge on any atom is 0.435 e. The summed E-state index contributed by atoms with van der Waals surface area (Å²) in [6.07, 6.45) is -6.70. The summed E-state index contributed by atoms with van der Waals surface area (Å²) in [6, 6.07) is 5.69. The van der Waals surface area contributed by atoms with Gasteiger partial charge in [-0.2, -0.15) is 36.4 Å². The van der Waals surface area contributed by atoms with Crippen molar-refractivity contribution in [1.82, 2.24) is 24.3 Å². The van der Waals surface area contributed by atoms with Gasteiger partial charge in [-0.1, -0.05) is 0 Å². The van der Waals surface area contributed by atoms with Crippen LogP contribution in [-0.4, -0.2) is 50.5 Å². The zero-order chi connectivity index (χ0) is 23.8. The Labute approximate surface area is 182 Å². The number of piperazine rings is 1. The Kier molecular flexibility index (Phi) is 5.76. The van der Waals surface area contributed by atoms with Crippen LogP contribution in [0.2, 0.25) is 0 Å². The highest BCUT2D eigenvalue weighted by molar-refractivity contribution is 5.49. The Morgan fingerprint density at radius 3 is 2.03 bits per heavy atom. The largest absolute Gasteiger partial charge is 0.435 e. The molecule has 0 atom stereocenters. The monoisotopic (exact) mass is 473 g/mol. The fourth-order valence-corrected chi connectivity index (χ4v) is 3.37. The number of hydrogen-bond donors (Lipinski definition) is 0. The van der Waals surface area contributed by atoms with Crippen LogP contribution in [0.25, 0.3) is 0 Å². The van der Waals surface area contributed by atoms with Crippen LogP contribution in [0.5, 0.6) is 0 Å². The first-order valence-corrected chi connectivity index (χ1v) is 9.72. The second kappa shape index (κ2) is 8.41. The lowest BCUT2D eigenvalue weighted by Crippen LogP contribution is -2.47. The van der Waals surface area contributed by atoms with Crippen LogP contribution in [-0.2, 0) is 19.0 Å². The lowest BCUT2D eigenvalue weighted by molar-refractivity contribution is -0.141. The lowest BCUT2D eigenvalue weighted by atomic mass is 10.1. The van der Waals surface area contributed by atoms with Gasteiger partial charge < -0.3 is 9.80 Å². The molecular weight excluding hydrogens is 456 g/mol. The zero-order valence-electron chi connectivity index (χ0n) is 16.9. The van der Waals surface area contributed by atoms with Gasteiger partial charge in [-0.3, -0.25) is 9.25 Å². The first-order chi connectivity index (χ1) is 15.5. The van der Waals surface area contributed by atoms with Gasteiger partial charge in [0.1, 0.15) is 13.0 Å². The summed E-state index contributed by atoms with van der Waals surface area (Å²) < 4.78 is 78.1. The van der Waals surface area contributed by atoms with Crippen molar-refractivity contribution in [2.75, 3.05) is 36.0 Å². The minimum atomic E-state index is -4.58. The highest BCUT2D eigenvalue weighted by Crippen LogP contribution is 2.31. The van der Waals surface area contributed by atoms with Gasteiger partial charge in [0, 0.05) is 38.1 Å². The number of hydrogen-bond acceptors (Lipinski definition) is 6. The van der Waals surface area contributed by atoms with E-state index >= 15 is 0 Å². The molecule has 1 aromatic carbocycles. The average Bonchev–Trinajstić information content (AvgIpc) is 3.24. The molecule has 0 saturated carbocycles. The Balaban J connectivity index is 1.38. The molecule has 14 heteroatoms. The number of aromatic nitrogens is 5. The molecule has 1 fully saturated rings. The molecule has 0 aliphatic carbocycles. The summed E-state index contributed by atoms with van der Waals surface area (Å²) in [5.74, 6) is 0.166. The van der Waals surface area contributed by atoms with Crippen molar-refractivity contribution in [2.24, 2.45) is 0 Å². The summed E-state index contributed by atoms with van der Waals surface area (Å²) >= 11 is 0. The number of rotatable bonds is 4. The summed E-state index contributed by atoms with van der Waals surface area (Å²) in [4.78, 5) is 24.0. The predicted octanol–water partition coefficient (Wildman–Crippen LogP) is 2.70. The molecule has 0 amide bonds. The molecule has 0 spiro atoms. The molecule has 33 heavy (non-hydrogen) atoms. The van der Waals surface area contributed by atoms with E-state index in [4.69, 9.17) is 0 Å². The number of benzene rings is 1. The molecule has 2 aromatic heterocycles. The number of nitrogens with zero attached hydrogens (tertiary/aromatic N) is 7. The quantitative estimate of drug-likeness (QED) is 0.543. The Bertz CT molecular complexity index is 1160. The van der Waals surface area contributed by atoms with E-state index in [1.807, 2.05) is 4.90 Å². The first kappa shape index (κ1) is 22.6. The molecule has 8 nitrogen and oxygen atoms in total. The van der Waals surface area contributed by atoms with Gasteiger partial charge in [-0.15, -0.1) is 0 Å². The lowest BCUT2D eigenvalue weighted by Gasteiger charge is -2.36. The SMILES string of the molecule is O=c1nc(N2CCN(c3ccc(C(F)(F)F)cc3)CC2)ncn1Cn1ccc(C(F)(F)F)n1. The molecule has 0 radical (unpaired) electrons. The Morgan fingerprint density at radius 2 is 1.48 bits per heavy atom. The van der Waals surface area contributed by atoms with Gasteiger partial charge in [0.2, 0.25) is 5.95 Å². The van der Waals surface area contributed by atoms with Crippen LogP contribution in [0.3, 0.4) is 0 Å². The number of alkyl halides is 6. The molecule has 176 valence electrons. The van der Waals surface area contributed by atoms with Crippen molar-refractivity contribution in [3.8, 4) is 0 Å². The van der Waals surface area contributed by atoms with Crippen LogP contribution in [0.4, 0.5) is 38.0 Å². The van der Waals surface area contributed by atoms with Crippen molar-refractivity contribution in [3.05, 3.63) is 64.6 Å². The Morgan fingerprint density at radius 1 is 0.848 bits per heavy atom. The van der Waals surface area contributed by atoms with Crippen LogP contribution < -0.4 is 15.5 Å². The third-order valence-electron chi connectivity index (χ3n) is 5.10. The minimum absolute atomic E-state index is 0.166. The molecule has 1 saturated heterocycles. The standard InChI is InChI=1S/C19H17F6N7O/c20-18(21,22)13-1-3-14(4-2-13)29-7-9-30(10-8-29)16-26-11-31(17(33)27-16)12-32-6-5-15(28-32)19(23,24)25/h1-6,11H,7-10,12H2. The maximum absolute atomic E-state index is 12.7. The molecule has 3 aromatic rings. The van der Waals surface area contributed by atoms with E-state index in [0.29, 0.717) is 31.9 Å². The van der Waals surface area contributed by atoms with E-state index in [1.54, 1.807) is 4.90 Å². The van der Waals surface area contributed by atoms with Gasteiger partial charge in [0.15, 0.2) is 5.69 Å². The van der Waals surface area contributed by atoms with Gasteiger partial charge in [-0.05, 0) is 30.3 Å². The topological polar surface area (TPSA) is 72.1 Å². The molecule has 0 unspecified atom stereocenters. The predicted molar refractivity (Wildman–Crippen MR) is 105 cm³/mol. The van der Waals surface area contributed by atoms with Crippen molar-refractivity contribution >= 4 is 11.6 Å². The Hall–Kier alpha value is -3.58. The van der Waals surface area contributed by atoms with E-state index < -0.39 is 29.3 Å². The molecule has 1 aliphatic heterocycles. The molecule has 0 N–H and O–H groups in total. The highest BCUT2D eigenvalue weighted by Gasteiger charge is 2.33. The van der Waals surface area contributed by atoms with Gasteiger partial charge >= 0.3 is 18.0 Å². The normalized spacial score (nSPS) is 15.2. The third-order valence-corrected chi connectivity index (χ3v) is 5.10. The third kappa shape index (κ3) is 5.09. The second-order valence-electron chi connectivity index (χ2n) is 7.31. The van der Waals surface area contributed by atoms with E-state index in [9.17, 15) is 31.1 Å². The molecular formula is C19H17F6N7O. The molecule has 3 heterocycles. The number of halogens is 6. The first-order valence-electron chi connectivity index (χ1n) is 9.72.